The number of hydrogen-bond acceptors (Lipinski definition) is 19. The molecule has 0 unspecified atom stereocenters. The Hall–Kier alpha value is -9.51. The molecule has 2 fully saturated rings. The van der Waals surface area contributed by atoms with Gasteiger partial charge in [0.15, 0.2) is 5.96 Å². The molecule has 3 aromatic carbocycles. The molecule has 12 amide bonds. The van der Waals surface area contributed by atoms with Gasteiger partial charge in [0.2, 0.25) is 70.9 Å². The molecule has 34 heteroatoms. The summed E-state index contributed by atoms with van der Waals surface area (Å²) in [4.78, 5) is 178. The van der Waals surface area contributed by atoms with E-state index in [2.05, 4.69) is 63.1 Å². The van der Waals surface area contributed by atoms with Crippen LogP contribution in [-0.4, -0.2) is 213 Å². The zero-order chi connectivity index (χ0) is 70.7. The molecule has 526 valence electrons. The molecule has 0 saturated carbocycles. The number of phenolic OH excluding ortho intramolecular Hbond substituents is 1. The van der Waals surface area contributed by atoms with Gasteiger partial charge in [-0.2, -0.15) is 0 Å². The van der Waals surface area contributed by atoms with Crippen LogP contribution in [0.2, 0.25) is 0 Å². The third-order valence-corrected chi connectivity index (χ3v) is 18.3. The number of carbonyl (C=O) groups excluding carboxylic acids is 12. The summed E-state index contributed by atoms with van der Waals surface area (Å²) < 4.78 is 0. The quantitative estimate of drug-likeness (QED) is 0.0172. The van der Waals surface area contributed by atoms with Gasteiger partial charge in [0.25, 0.3) is 0 Å². The molecule has 0 bridgehead atoms. The molecule has 1 aromatic heterocycles. The van der Waals surface area contributed by atoms with Gasteiger partial charge in [0.05, 0.1) is 13.2 Å². The number of amides is 12. The number of hydrogen-bond donors (Lipinski definition) is 18. The molecule has 2 aliphatic heterocycles. The van der Waals surface area contributed by atoms with Gasteiger partial charge in [-0.15, -0.1) is 0 Å². The number of carbonyl (C=O) groups is 12. The number of aromatic nitrogens is 1. The van der Waals surface area contributed by atoms with E-state index in [-0.39, 0.29) is 100 Å². The fourth-order valence-corrected chi connectivity index (χ4v) is 13.0. The lowest BCUT2D eigenvalue weighted by Crippen LogP contribution is -2.61. The highest BCUT2D eigenvalue weighted by Crippen LogP contribution is 2.25. The molecular formula is C63H87N17O15S2. The maximum Gasteiger partial charge on any atom is 0.245 e. The van der Waals surface area contributed by atoms with Crippen molar-refractivity contribution in [1.29, 1.82) is 0 Å². The van der Waals surface area contributed by atoms with E-state index in [1.54, 1.807) is 74.6 Å². The fourth-order valence-electron chi connectivity index (χ4n) is 10.6. The van der Waals surface area contributed by atoms with E-state index in [1.165, 1.54) is 29.2 Å². The first kappa shape index (κ1) is 76.5. The Labute approximate surface area is 567 Å². The van der Waals surface area contributed by atoms with Crippen LogP contribution in [0.1, 0.15) is 69.1 Å². The molecule has 3 heterocycles. The number of primary amides is 1. The van der Waals surface area contributed by atoms with Crippen LogP contribution < -0.4 is 76.1 Å². The largest absolute Gasteiger partial charge is 0.508 e. The average molecular weight is 1390 g/mol. The summed E-state index contributed by atoms with van der Waals surface area (Å²) in [6, 6.07) is 6.41. The van der Waals surface area contributed by atoms with Gasteiger partial charge in [-0.3, -0.25) is 62.5 Å². The van der Waals surface area contributed by atoms with Gasteiger partial charge in [-0.05, 0) is 66.5 Å². The van der Waals surface area contributed by atoms with E-state index in [0.717, 1.165) is 21.6 Å². The second-order valence-electron chi connectivity index (χ2n) is 23.5. The SMILES string of the molecule is CC(C)[C@@H]1NC(=O)[C@@H](NC(=O)[C@H](Cc2ccc(O)cc2)NC(=O)[C@@H]2CCCN2C(=O)CCN)CSSC[C@@H](C(N)=O)NC(=O)[C@H](CO)NC(=O)[C@H](Cc2c[nH]c3ccccc23)NC(=O)[C@H](CO)NC(=O)CCNC(=O)[C@H](CCCN=C(N)N)NC(=O)[C@H](Cc2ccccc2)NC1=O. The van der Waals surface area contributed by atoms with E-state index < -0.39 is 151 Å². The van der Waals surface area contributed by atoms with Crippen molar-refractivity contribution >= 4 is 109 Å². The van der Waals surface area contributed by atoms with Crippen molar-refractivity contribution in [2.45, 2.75) is 132 Å². The van der Waals surface area contributed by atoms with Crippen LogP contribution in [0.25, 0.3) is 10.9 Å². The molecule has 97 heavy (non-hydrogen) atoms. The molecule has 2 aliphatic rings. The second-order valence-corrected chi connectivity index (χ2v) is 26.1. The van der Waals surface area contributed by atoms with E-state index in [0.29, 0.717) is 34.0 Å². The Morgan fingerprint density at radius 3 is 1.98 bits per heavy atom. The number of rotatable bonds is 20. The lowest BCUT2D eigenvalue weighted by atomic mass is 10.00. The molecule has 22 N–H and O–H groups in total. The van der Waals surface area contributed by atoms with Crippen molar-refractivity contribution in [2.24, 2.45) is 33.8 Å². The third kappa shape index (κ3) is 23.7. The summed E-state index contributed by atoms with van der Waals surface area (Å²) in [5.41, 5.74) is 24.8. The number of benzene rings is 3. The Morgan fingerprint density at radius 2 is 1.31 bits per heavy atom. The number of fused-ring (bicyclic) bond motifs is 1. The van der Waals surface area contributed by atoms with E-state index >= 15 is 0 Å². The summed E-state index contributed by atoms with van der Waals surface area (Å²) >= 11 is 0. The number of likely N-dealkylation sites (tertiary alicyclic amines) is 1. The second kappa shape index (κ2) is 38.3. The minimum Gasteiger partial charge on any atom is -0.508 e. The van der Waals surface area contributed by atoms with Crippen LogP contribution in [0.5, 0.6) is 5.75 Å². The Balaban J connectivity index is 1.36. The van der Waals surface area contributed by atoms with Crippen LogP contribution in [-0.2, 0) is 76.8 Å². The lowest BCUT2D eigenvalue weighted by Gasteiger charge is -2.29. The minimum absolute atomic E-state index is 0.0217. The van der Waals surface area contributed by atoms with E-state index in [9.17, 15) is 72.9 Å². The lowest BCUT2D eigenvalue weighted by molar-refractivity contribution is -0.139. The number of nitrogens with one attached hydrogen (secondary N) is 11. The predicted molar refractivity (Wildman–Crippen MR) is 360 cm³/mol. The Bertz CT molecular complexity index is 3430. The molecule has 2 saturated heterocycles. The van der Waals surface area contributed by atoms with Crippen molar-refractivity contribution in [3.8, 4) is 5.75 Å². The molecule has 0 spiro atoms. The first-order valence-electron chi connectivity index (χ1n) is 31.6. The van der Waals surface area contributed by atoms with Crippen LogP contribution >= 0.6 is 21.6 Å². The summed E-state index contributed by atoms with van der Waals surface area (Å²) in [6.45, 7) is 1.08. The van der Waals surface area contributed by atoms with Gasteiger partial charge in [0.1, 0.15) is 66.2 Å². The van der Waals surface area contributed by atoms with Crippen molar-refractivity contribution < 1.29 is 72.9 Å². The van der Waals surface area contributed by atoms with Gasteiger partial charge < -0.3 is 101 Å². The van der Waals surface area contributed by atoms with Gasteiger partial charge >= 0.3 is 0 Å². The average Bonchev–Trinajstić information content (AvgIpc) is 1.80. The number of H-pyrrole nitrogens is 1. The highest BCUT2D eigenvalue weighted by Gasteiger charge is 2.39. The number of phenols is 1. The first-order valence-corrected chi connectivity index (χ1v) is 34.1. The molecule has 10 atom stereocenters. The summed E-state index contributed by atoms with van der Waals surface area (Å²) in [5, 5.41) is 57.6. The molecule has 0 radical (unpaired) electrons. The van der Waals surface area contributed by atoms with Gasteiger partial charge in [0, 0.05) is 86.9 Å². The smallest absolute Gasteiger partial charge is 0.245 e. The number of nitrogens with zero attached hydrogens (tertiary/aromatic N) is 2. The number of aliphatic hydroxyl groups excluding tert-OH is 2. The van der Waals surface area contributed by atoms with Crippen LogP contribution in [0.4, 0.5) is 0 Å². The topological polar surface area (TPSA) is 521 Å². The summed E-state index contributed by atoms with van der Waals surface area (Å²) in [5.74, 6) is -12.4. The van der Waals surface area contributed by atoms with Crippen molar-refractivity contribution in [2.75, 3.05) is 50.9 Å². The number of aromatic amines is 1. The number of para-hydroxylation sites is 1. The van der Waals surface area contributed by atoms with Crippen molar-refractivity contribution in [1.82, 2.24) is 63.1 Å². The highest BCUT2D eigenvalue weighted by atomic mass is 33.1. The third-order valence-electron chi connectivity index (χ3n) is 15.9. The molecule has 32 nitrogen and oxygen atoms in total. The van der Waals surface area contributed by atoms with Crippen LogP contribution in [0, 0.1) is 5.92 Å². The standard InChI is InChI=1S/C63H87N17O15S2/c1-34(2)52-62(95)75-43(26-35-10-4-3-5-11-35)55(88)72-41(14-8-23-69-63(66)67)54(87)68-24-21-50(84)71-45(30-81)58(91)73-44(28-37-29-70-40-13-7-6-12-39(37)40)57(90)76-46(31-82)59(92)77-47(53(65)86)32-96-97-33-48(60(93)79-52)78-56(89)42(27-36-16-18-38(83)19-17-36)74-61(94)49-15-9-25-80(49)51(85)20-22-64/h3-7,10-13,16-19,29,34,41-49,52,70,81-83H,8-9,14-15,20-28,30-33,64H2,1-2H3,(H2,65,86)(H,68,87)(H,71,84)(H,72,88)(H,73,91)(H,74,94)(H,75,95)(H,76,90)(H,77,92)(H,78,89)(H,79,93)(H4,66,67,69)/t41-,42-,43-,44-,45-,46-,47-,48-,49-,52-/m0/s1. The Morgan fingerprint density at radius 1 is 0.691 bits per heavy atom. The van der Waals surface area contributed by atoms with E-state index in [4.69, 9.17) is 22.9 Å². The highest BCUT2D eigenvalue weighted by molar-refractivity contribution is 8.76. The zero-order valence-corrected chi connectivity index (χ0v) is 55.3. The normalized spacial score (nSPS) is 23.0. The number of aromatic hydroxyl groups is 1. The Kier molecular flexibility index (Phi) is 30.2. The predicted octanol–water partition coefficient (Wildman–Crippen LogP) is -4.31. The number of aliphatic imine (C=N–C) groups is 1. The molecular weight excluding hydrogens is 1300 g/mol. The van der Waals surface area contributed by atoms with Crippen LogP contribution in [0.15, 0.2) is 90.1 Å². The van der Waals surface area contributed by atoms with Crippen molar-refractivity contribution in [3.05, 3.63) is 102 Å². The first-order chi connectivity index (χ1) is 46.4. The minimum atomic E-state index is -1.79. The van der Waals surface area contributed by atoms with Crippen LogP contribution in [0.3, 0.4) is 0 Å². The maximum atomic E-state index is 14.9. The number of aliphatic hydroxyl groups is 2. The molecule has 6 rings (SSSR count). The summed E-state index contributed by atoms with van der Waals surface area (Å²) in [7, 11) is 1.77. The van der Waals surface area contributed by atoms with Gasteiger partial charge in [-0.25, -0.2) is 0 Å². The van der Waals surface area contributed by atoms with Gasteiger partial charge in [-0.1, -0.05) is 96.1 Å². The summed E-state index contributed by atoms with van der Waals surface area (Å²) in [6.07, 6.45) is 1.25. The zero-order valence-electron chi connectivity index (χ0n) is 53.7. The number of guanidine groups is 1. The number of nitrogens with two attached hydrogens (primary N) is 4. The molecule has 0 aliphatic carbocycles. The molecule has 4 aromatic rings. The van der Waals surface area contributed by atoms with E-state index in [1.807, 2.05) is 0 Å². The fraction of sp³-hybridized carbons (Fsp3) is 0.476. The van der Waals surface area contributed by atoms with Crippen molar-refractivity contribution in [3.63, 3.8) is 0 Å². The monoisotopic (exact) mass is 1390 g/mol. The maximum absolute atomic E-state index is 14.9.